The van der Waals surface area contributed by atoms with Crippen LogP contribution in [0.1, 0.15) is 32.1 Å². The second-order valence-corrected chi connectivity index (χ2v) is 6.51. The van der Waals surface area contributed by atoms with E-state index in [9.17, 15) is 9.59 Å². The summed E-state index contributed by atoms with van der Waals surface area (Å²) in [5.74, 6) is 0.928. The Labute approximate surface area is 154 Å². The molecule has 0 bridgehead atoms. The fourth-order valence-electron chi connectivity index (χ4n) is 3.57. The zero-order chi connectivity index (χ0) is 16.9. The first-order valence-corrected chi connectivity index (χ1v) is 8.70. The van der Waals surface area contributed by atoms with Crippen LogP contribution in [0, 0.1) is 5.92 Å². The highest BCUT2D eigenvalue weighted by Crippen LogP contribution is 2.31. The van der Waals surface area contributed by atoms with E-state index in [1.165, 1.54) is 6.42 Å². The van der Waals surface area contributed by atoms with Gasteiger partial charge in [-0.25, -0.2) is 0 Å². The van der Waals surface area contributed by atoms with Gasteiger partial charge in [0.05, 0.1) is 5.69 Å². The van der Waals surface area contributed by atoms with Gasteiger partial charge in [0, 0.05) is 19.0 Å². The molecule has 25 heavy (non-hydrogen) atoms. The highest BCUT2D eigenvalue weighted by molar-refractivity contribution is 5.98. The van der Waals surface area contributed by atoms with E-state index in [4.69, 9.17) is 10.5 Å². The molecule has 0 aromatic heterocycles. The third-order valence-corrected chi connectivity index (χ3v) is 4.93. The summed E-state index contributed by atoms with van der Waals surface area (Å²) >= 11 is 0. The molecule has 138 valence electrons. The zero-order valence-electron chi connectivity index (χ0n) is 14.3. The van der Waals surface area contributed by atoms with Crippen LogP contribution in [-0.4, -0.2) is 37.6 Å². The van der Waals surface area contributed by atoms with Gasteiger partial charge in [0.15, 0.2) is 6.61 Å². The lowest BCUT2D eigenvalue weighted by atomic mass is 9.84. The first-order chi connectivity index (χ1) is 11.7. The third kappa shape index (κ3) is 4.64. The van der Waals surface area contributed by atoms with Crippen LogP contribution in [0.4, 0.5) is 5.69 Å². The molecule has 2 aliphatic rings. The number of fused-ring (bicyclic) bond motifs is 1. The highest BCUT2D eigenvalue weighted by atomic mass is 35.5. The molecule has 1 fully saturated rings. The van der Waals surface area contributed by atoms with E-state index in [-0.39, 0.29) is 43.3 Å². The van der Waals surface area contributed by atoms with Crippen LogP contribution in [0.5, 0.6) is 5.75 Å². The maximum Gasteiger partial charge on any atom is 0.265 e. The second-order valence-electron chi connectivity index (χ2n) is 6.51. The van der Waals surface area contributed by atoms with E-state index in [0.29, 0.717) is 24.8 Å². The molecule has 1 aromatic carbocycles. The maximum absolute atomic E-state index is 12.3. The van der Waals surface area contributed by atoms with Crippen LogP contribution < -0.4 is 20.7 Å². The Morgan fingerprint density at radius 1 is 1.28 bits per heavy atom. The fraction of sp³-hybridized carbons (Fsp3) is 0.556. The molecule has 1 aliphatic carbocycles. The number of amides is 2. The Kier molecular flexibility index (Phi) is 7.08. The van der Waals surface area contributed by atoms with Crippen molar-refractivity contribution in [1.82, 2.24) is 5.32 Å². The van der Waals surface area contributed by atoms with E-state index in [1.54, 1.807) is 4.90 Å². The number of carbonyl (C=O) groups excluding carboxylic acids is 2. The summed E-state index contributed by atoms with van der Waals surface area (Å²) in [5, 5.41) is 3.11. The van der Waals surface area contributed by atoms with Crippen LogP contribution in [-0.2, 0) is 9.59 Å². The number of halogens is 1. The zero-order valence-corrected chi connectivity index (χ0v) is 15.1. The van der Waals surface area contributed by atoms with Crippen molar-refractivity contribution in [3.05, 3.63) is 24.3 Å². The van der Waals surface area contributed by atoms with Gasteiger partial charge < -0.3 is 20.7 Å². The van der Waals surface area contributed by atoms with Crippen molar-refractivity contribution < 1.29 is 14.3 Å². The average Bonchev–Trinajstić information content (AvgIpc) is 2.61. The number of carbonyl (C=O) groups is 2. The molecule has 1 heterocycles. The third-order valence-electron chi connectivity index (χ3n) is 4.93. The Morgan fingerprint density at radius 2 is 2.04 bits per heavy atom. The van der Waals surface area contributed by atoms with Crippen LogP contribution in [0.2, 0.25) is 0 Å². The second kappa shape index (κ2) is 9.06. The molecule has 1 aliphatic heterocycles. The van der Waals surface area contributed by atoms with Gasteiger partial charge in [-0.05, 0) is 37.4 Å². The number of para-hydroxylation sites is 2. The number of anilines is 1. The van der Waals surface area contributed by atoms with Crippen molar-refractivity contribution in [2.75, 3.05) is 24.6 Å². The van der Waals surface area contributed by atoms with E-state index < -0.39 is 0 Å². The molecule has 2 unspecified atom stereocenters. The Balaban J connectivity index is 0.00000225. The molecule has 0 saturated heterocycles. The average molecular weight is 368 g/mol. The number of hydrogen-bond donors (Lipinski definition) is 2. The minimum Gasteiger partial charge on any atom is -0.482 e. The predicted molar refractivity (Wildman–Crippen MR) is 99.1 cm³/mol. The first-order valence-electron chi connectivity index (χ1n) is 8.70. The van der Waals surface area contributed by atoms with E-state index in [2.05, 4.69) is 5.32 Å². The Bertz CT molecular complexity index is 611. The molecule has 1 saturated carbocycles. The van der Waals surface area contributed by atoms with Crippen LogP contribution in [0.3, 0.4) is 0 Å². The lowest BCUT2D eigenvalue weighted by molar-refractivity contribution is -0.122. The van der Waals surface area contributed by atoms with Crippen LogP contribution >= 0.6 is 12.4 Å². The molecule has 0 spiro atoms. The van der Waals surface area contributed by atoms with Crippen molar-refractivity contribution >= 4 is 29.9 Å². The summed E-state index contributed by atoms with van der Waals surface area (Å²) in [6.45, 7) is 1.00. The van der Waals surface area contributed by atoms with Gasteiger partial charge in [-0.15, -0.1) is 12.4 Å². The fourth-order valence-corrected chi connectivity index (χ4v) is 3.57. The number of nitrogens with one attached hydrogen (secondary N) is 1. The molecule has 0 radical (unpaired) electrons. The summed E-state index contributed by atoms with van der Waals surface area (Å²) in [7, 11) is 0. The molecular weight excluding hydrogens is 342 g/mol. The topological polar surface area (TPSA) is 84.7 Å². The van der Waals surface area contributed by atoms with E-state index >= 15 is 0 Å². The number of rotatable bonds is 5. The highest BCUT2D eigenvalue weighted by Gasteiger charge is 2.27. The molecule has 2 atom stereocenters. The van der Waals surface area contributed by atoms with E-state index in [0.717, 1.165) is 24.9 Å². The lowest BCUT2D eigenvalue weighted by Crippen LogP contribution is -2.46. The lowest BCUT2D eigenvalue weighted by Gasteiger charge is -2.32. The molecule has 6 nitrogen and oxygen atoms in total. The minimum atomic E-state index is -0.112. The van der Waals surface area contributed by atoms with Crippen molar-refractivity contribution in [1.29, 1.82) is 0 Å². The summed E-state index contributed by atoms with van der Waals surface area (Å²) in [4.78, 5) is 26.1. The number of hydrogen-bond acceptors (Lipinski definition) is 4. The summed E-state index contributed by atoms with van der Waals surface area (Å²) in [5.41, 5.74) is 6.55. The number of ether oxygens (including phenoxy) is 1. The van der Waals surface area contributed by atoms with E-state index in [1.807, 2.05) is 24.3 Å². The smallest absolute Gasteiger partial charge is 0.265 e. The Morgan fingerprint density at radius 3 is 2.84 bits per heavy atom. The summed E-state index contributed by atoms with van der Waals surface area (Å²) in [6.07, 6.45) is 4.68. The van der Waals surface area contributed by atoms with Crippen molar-refractivity contribution in [2.24, 2.45) is 11.7 Å². The van der Waals surface area contributed by atoms with Crippen molar-refractivity contribution in [3.63, 3.8) is 0 Å². The van der Waals surface area contributed by atoms with Crippen molar-refractivity contribution in [3.8, 4) is 5.75 Å². The predicted octanol–water partition coefficient (Wildman–Crippen LogP) is 1.86. The monoisotopic (exact) mass is 367 g/mol. The largest absolute Gasteiger partial charge is 0.482 e. The van der Waals surface area contributed by atoms with Crippen LogP contribution in [0.25, 0.3) is 0 Å². The molecule has 3 rings (SSSR count). The van der Waals surface area contributed by atoms with Crippen LogP contribution in [0.15, 0.2) is 24.3 Å². The molecule has 7 heteroatoms. The molecule has 2 amide bonds. The SMILES string of the molecule is Cl.NCC1CCCCC1NC(=O)CCN1C(=O)COc2ccccc21. The number of nitrogens with zero attached hydrogens (tertiary/aromatic N) is 1. The van der Waals surface area contributed by atoms with Gasteiger partial charge in [-0.3, -0.25) is 9.59 Å². The summed E-state index contributed by atoms with van der Waals surface area (Å²) in [6, 6.07) is 7.58. The summed E-state index contributed by atoms with van der Waals surface area (Å²) < 4.78 is 5.42. The number of nitrogens with two attached hydrogens (primary N) is 1. The number of benzene rings is 1. The van der Waals surface area contributed by atoms with Gasteiger partial charge >= 0.3 is 0 Å². The minimum absolute atomic E-state index is 0. The quantitative estimate of drug-likeness (QED) is 0.831. The molecule has 1 aromatic rings. The van der Waals surface area contributed by atoms with Gasteiger partial charge in [-0.2, -0.15) is 0 Å². The molecule has 3 N–H and O–H groups in total. The Hall–Kier alpha value is -1.79. The van der Waals surface area contributed by atoms with Gasteiger partial charge in [0.1, 0.15) is 5.75 Å². The van der Waals surface area contributed by atoms with Gasteiger partial charge in [-0.1, -0.05) is 25.0 Å². The van der Waals surface area contributed by atoms with Crippen molar-refractivity contribution in [2.45, 2.75) is 38.1 Å². The first kappa shape index (κ1) is 19.5. The normalized spacial score (nSPS) is 22.4. The van der Waals surface area contributed by atoms with Gasteiger partial charge in [0.2, 0.25) is 5.91 Å². The van der Waals surface area contributed by atoms with Gasteiger partial charge in [0.25, 0.3) is 5.91 Å². The maximum atomic E-state index is 12.3. The molecular formula is C18H26ClN3O3. The standard InChI is InChI=1S/C18H25N3O3.ClH/c19-11-13-5-1-2-6-14(13)20-17(22)9-10-21-15-7-3-4-8-16(15)24-12-18(21)23;/h3-4,7-8,13-14H,1-2,5-6,9-12,19H2,(H,20,22);1H.